The second kappa shape index (κ2) is 7.09. The Morgan fingerprint density at radius 2 is 2.00 bits per heavy atom. The zero-order valence-electron chi connectivity index (χ0n) is 13.7. The van der Waals surface area contributed by atoms with E-state index in [4.69, 9.17) is 0 Å². The molecule has 122 valence electrons. The molecule has 2 heterocycles. The number of hydrogen-bond acceptors (Lipinski definition) is 4. The monoisotopic (exact) mass is 321 g/mol. The van der Waals surface area contributed by atoms with E-state index in [2.05, 4.69) is 27.5 Å². The van der Waals surface area contributed by atoms with Crippen LogP contribution in [0.2, 0.25) is 0 Å². The molecule has 2 fully saturated rings. The molecule has 1 N–H and O–H groups in total. The number of nitrogens with zero attached hydrogens (tertiary/aromatic N) is 2. The van der Waals surface area contributed by atoms with Crippen molar-refractivity contribution < 1.29 is 4.79 Å². The van der Waals surface area contributed by atoms with E-state index in [1.165, 1.54) is 38.5 Å². The number of amides is 1. The Morgan fingerprint density at radius 3 is 2.55 bits per heavy atom. The summed E-state index contributed by atoms with van der Waals surface area (Å²) in [6.45, 7) is 6.18. The van der Waals surface area contributed by atoms with Crippen molar-refractivity contribution in [2.24, 2.45) is 5.92 Å². The van der Waals surface area contributed by atoms with Gasteiger partial charge in [0.05, 0.1) is 12.1 Å². The van der Waals surface area contributed by atoms with Gasteiger partial charge in [-0.25, -0.2) is 4.98 Å². The predicted molar refractivity (Wildman–Crippen MR) is 90.0 cm³/mol. The van der Waals surface area contributed by atoms with Gasteiger partial charge in [-0.3, -0.25) is 9.69 Å². The summed E-state index contributed by atoms with van der Waals surface area (Å²) >= 11 is 1.68. The third kappa shape index (κ3) is 3.87. The topological polar surface area (TPSA) is 45.2 Å². The summed E-state index contributed by atoms with van der Waals surface area (Å²) in [5.41, 5.74) is 1.06. The average molecular weight is 321 g/mol. The number of nitrogens with one attached hydrogen (secondary N) is 1. The van der Waals surface area contributed by atoms with Crippen LogP contribution in [0.15, 0.2) is 5.38 Å². The first-order chi connectivity index (χ1) is 10.6. The zero-order valence-corrected chi connectivity index (χ0v) is 14.5. The lowest BCUT2D eigenvalue weighted by Crippen LogP contribution is -2.46. The minimum absolute atomic E-state index is 0.0274. The van der Waals surface area contributed by atoms with Crippen molar-refractivity contribution >= 4 is 17.2 Å². The van der Waals surface area contributed by atoms with Gasteiger partial charge in [-0.15, -0.1) is 11.3 Å². The van der Waals surface area contributed by atoms with Crippen molar-refractivity contribution in [3.8, 4) is 0 Å². The summed E-state index contributed by atoms with van der Waals surface area (Å²) in [6.07, 6.45) is 7.45. The van der Waals surface area contributed by atoms with Crippen LogP contribution in [0.1, 0.15) is 62.2 Å². The van der Waals surface area contributed by atoms with Crippen molar-refractivity contribution in [1.82, 2.24) is 15.2 Å². The van der Waals surface area contributed by atoms with E-state index in [0.29, 0.717) is 5.92 Å². The third-order valence-corrected chi connectivity index (χ3v) is 5.91. The number of likely N-dealkylation sites (tertiary alicyclic amines) is 1. The summed E-state index contributed by atoms with van der Waals surface area (Å²) in [5, 5.41) is 6.45. The molecule has 22 heavy (non-hydrogen) atoms. The molecule has 0 radical (unpaired) electrons. The van der Waals surface area contributed by atoms with Crippen molar-refractivity contribution in [2.75, 3.05) is 13.1 Å². The Bertz CT molecular complexity index is 504. The molecule has 1 aliphatic heterocycles. The van der Waals surface area contributed by atoms with Gasteiger partial charge in [0.25, 0.3) is 0 Å². The normalized spacial score (nSPS) is 22.8. The van der Waals surface area contributed by atoms with Gasteiger partial charge in [0.2, 0.25) is 5.91 Å². The fraction of sp³-hybridized carbons (Fsp3) is 0.765. The highest BCUT2D eigenvalue weighted by Gasteiger charge is 2.36. The molecular weight excluding hydrogens is 294 g/mol. The molecule has 2 aliphatic rings. The van der Waals surface area contributed by atoms with Crippen molar-refractivity contribution in [3.05, 3.63) is 16.1 Å². The van der Waals surface area contributed by atoms with Gasteiger partial charge in [0.1, 0.15) is 5.01 Å². The minimum Gasteiger partial charge on any atom is -0.345 e. The van der Waals surface area contributed by atoms with Gasteiger partial charge in [-0.2, -0.15) is 0 Å². The van der Waals surface area contributed by atoms with Crippen LogP contribution in [-0.4, -0.2) is 34.9 Å². The Kier molecular flexibility index (Phi) is 5.14. The van der Waals surface area contributed by atoms with E-state index in [1.807, 2.05) is 6.92 Å². The molecule has 1 amide bonds. The van der Waals surface area contributed by atoms with Crippen LogP contribution >= 0.6 is 11.3 Å². The van der Waals surface area contributed by atoms with Crippen molar-refractivity contribution in [1.29, 1.82) is 0 Å². The van der Waals surface area contributed by atoms with Gasteiger partial charge >= 0.3 is 0 Å². The van der Waals surface area contributed by atoms with Crippen LogP contribution in [0.25, 0.3) is 0 Å². The fourth-order valence-electron chi connectivity index (χ4n) is 3.25. The molecule has 1 aromatic heterocycles. The standard InChI is InChI=1S/C17H27N3OS/c1-12-11-22-17(18-12)15(14-7-8-14)19-16(21)13(2)20-9-5-3-4-6-10-20/h11,13-15H,3-10H2,1-2H3,(H,19,21)/t13-,15-/m0/s1. The fourth-order valence-corrected chi connectivity index (χ4v) is 4.19. The Labute approximate surface area is 137 Å². The second-order valence-corrected chi connectivity index (χ2v) is 7.67. The van der Waals surface area contributed by atoms with Crippen molar-refractivity contribution in [2.45, 2.75) is 64.5 Å². The third-order valence-electron chi connectivity index (χ3n) is 4.86. The lowest BCUT2D eigenvalue weighted by atomic mass is 10.1. The van der Waals surface area contributed by atoms with Crippen LogP contribution in [0.4, 0.5) is 0 Å². The molecular formula is C17H27N3OS. The molecule has 2 atom stereocenters. The van der Waals surface area contributed by atoms with Crippen LogP contribution in [0.5, 0.6) is 0 Å². The van der Waals surface area contributed by atoms with Gasteiger partial charge in [0, 0.05) is 11.1 Å². The lowest BCUT2D eigenvalue weighted by Gasteiger charge is -2.28. The first kappa shape index (κ1) is 15.9. The maximum atomic E-state index is 12.7. The second-order valence-electron chi connectivity index (χ2n) is 6.78. The summed E-state index contributed by atoms with van der Waals surface area (Å²) in [7, 11) is 0. The van der Waals surface area contributed by atoms with E-state index < -0.39 is 0 Å². The Morgan fingerprint density at radius 1 is 1.32 bits per heavy atom. The highest BCUT2D eigenvalue weighted by Crippen LogP contribution is 2.41. The summed E-state index contributed by atoms with van der Waals surface area (Å²) < 4.78 is 0. The zero-order chi connectivity index (χ0) is 15.5. The quantitative estimate of drug-likeness (QED) is 0.905. The molecule has 0 spiro atoms. The molecule has 1 aliphatic carbocycles. The smallest absolute Gasteiger partial charge is 0.237 e. The largest absolute Gasteiger partial charge is 0.345 e. The number of aromatic nitrogens is 1. The van der Waals surface area contributed by atoms with Gasteiger partial charge in [0.15, 0.2) is 0 Å². The maximum Gasteiger partial charge on any atom is 0.237 e. The predicted octanol–water partition coefficient (Wildman–Crippen LogP) is 3.28. The molecule has 4 nitrogen and oxygen atoms in total. The van der Waals surface area contributed by atoms with Crippen LogP contribution in [0.3, 0.4) is 0 Å². The highest BCUT2D eigenvalue weighted by atomic mass is 32.1. The van der Waals surface area contributed by atoms with E-state index >= 15 is 0 Å². The van der Waals surface area contributed by atoms with Gasteiger partial charge < -0.3 is 5.32 Å². The number of hydrogen-bond donors (Lipinski definition) is 1. The lowest BCUT2D eigenvalue weighted by molar-refractivity contribution is -0.126. The average Bonchev–Trinajstić information content (AvgIpc) is 3.30. The minimum atomic E-state index is -0.0274. The molecule has 0 unspecified atom stereocenters. The van der Waals surface area contributed by atoms with Gasteiger partial charge in [-0.1, -0.05) is 12.8 Å². The molecule has 1 saturated carbocycles. The van der Waals surface area contributed by atoms with E-state index in [0.717, 1.165) is 23.8 Å². The van der Waals surface area contributed by atoms with E-state index in [9.17, 15) is 4.79 Å². The molecule has 0 bridgehead atoms. The van der Waals surface area contributed by atoms with Crippen LogP contribution in [-0.2, 0) is 4.79 Å². The Balaban J connectivity index is 1.63. The first-order valence-corrected chi connectivity index (χ1v) is 9.49. The molecule has 5 heteroatoms. The van der Waals surface area contributed by atoms with Crippen LogP contribution < -0.4 is 5.32 Å². The molecule has 3 rings (SSSR count). The summed E-state index contributed by atoms with van der Waals surface area (Å²) in [6, 6.07) is 0.0982. The summed E-state index contributed by atoms with van der Waals surface area (Å²) in [4.78, 5) is 19.7. The first-order valence-electron chi connectivity index (χ1n) is 8.61. The maximum absolute atomic E-state index is 12.7. The summed E-state index contributed by atoms with van der Waals surface area (Å²) in [5.74, 6) is 0.762. The number of thiazole rings is 1. The van der Waals surface area contributed by atoms with E-state index in [1.54, 1.807) is 11.3 Å². The molecule has 0 aromatic carbocycles. The SMILES string of the molecule is Cc1csc([C@@H](NC(=O)[C@H](C)N2CCCCCC2)C2CC2)n1. The Hall–Kier alpha value is -0.940. The molecule has 1 saturated heterocycles. The van der Waals surface area contributed by atoms with E-state index in [-0.39, 0.29) is 18.0 Å². The number of aryl methyl sites for hydroxylation is 1. The highest BCUT2D eigenvalue weighted by molar-refractivity contribution is 7.09. The van der Waals surface area contributed by atoms with Crippen molar-refractivity contribution in [3.63, 3.8) is 0 Å². The number of rotatable bonds is 5. The number of carbonyl (C=O) groups excluding carboxylic acids is 1. The van der Waals surface area contributed by atoms with Crippen LogP contribution in [0, 0.1) is 12.8 Å². The van der Waals surface area contributed by atoms with Gasteiger partial charge in [-0.05, 0) is 58.5 Å². The number of carbonyl (C=O) groups is 1. The molecule has 1 aromatic rings.